The number of fused-ring (bicyclic) bond motifs is 1. The predicted octanol–water partition coefficient (Wildman–Crippen LogP) is 0.925. The van der Waals surface area contributed by atoms with Crippen LogP contribution in [0.3, 0.4) is 0 Å². The van der Waals surface area contributed by atoms with E-state index in [-0.39, 0.29) is 29.7 Å². The van der Waals surface area contributed by atoms with Crippen LogP contribution in [0.25, 0.3) is 0 Å². The molecule has 0 aliphatic carbocycles. The van der Waals surface area contributed by atoms with E-state index >= 15 is 0 Å². The number of carbonyl (C=O) groups is 3. The number of nitrogens with zero attached hydrogens (tertiary/aromatic N) is 1. The number of benzene rings is 1. The summed E-state index contributed by atoms with van der Waals surface area (Å²) in [7, 11) is 0. The van der Waals surface area contributed by atoms with E-state index < -0.39 is 6.04 Å². The van der Waals surface area contributed by atoms with Crippen LogP contribution >= 0.6 is 0 Å². The number of nitrogens with one attached hydrogen (secondary N) is 3. The Kier molecular flexibility index (Phi) is 4.97. The third-order valence-corrected chi connectivity index (χ3v) is 6.41. The van der Waals surface area contributed by atoms with Gasteiger partial charge in [-0.25, -0.2) is 0 Å². The number of hydrogen-bond acceptors (Lipinski definition) is 5. The lowest BCUT2D eigenvalue weighted by atomic mass is 9.89. The fraction of sp³-hybridized carbons (Fsp3) is 0.571. The zero-order valence-corrected chi connectivity index (χ0v) is 16.5. The number of piperidine rings is 1. The molecule has 3 amide bonds. The van der Waals surface area contributed by atoms with Crippen LogP contribution in [0.1, 0.15) is 54.6 Å². The highest BCUT2D eigenvalue weighted by Crippen LogP contribution is 2.28. The van der Waals surface area contributed by atoms with Crippen LogP contribution in [0.15, 0.2) is 18.2 Å². The average Bonchev–Trinajstić information content (AvgIpc) is 3.15. The summed E-state index contributed by atoms with van der Waals surface area (Å²) in [5, 5.41) is 9.40. The van der Waals surface area contributed by atoms with E-state index in [1.807, 2.05) is 18.2 Å². The Labute approximate surface area is 165 Å². The highest BCUT2D eigenvalue weighted by atomic mass is 16.2. The number of imide groups is 1. The fourth-order valence-corrected chi connectivity index (χ4v) is 4.53. The van der Waals surface area contributed by atoms with Crippen molar-refractivity contribution in [2.45, 2.75) is 57.8 Å². The molecule has 7 nitrogen and oxygen atoms in total. The summed E-state index contributed by atoms with van der Waals surface area (Å²) >= 11 is 0. The van der Waals surface area contributed by atoms with E-state index in [0.29, 0.717) is 31.0 Å². The van der Waals surface area contributed by atoms with E-state index in [9.17, 15) is 14.4 Å². The Morgan fingerprint density at radius 3 is 2.75 bits per heavy atom. The van der Waals surface area contributed by atoms with Crippen LogP contribution in [0.2, 0.25) is 0 Å². The maximum absolute atomic E-state index is 12.9. The second-order valence-electron chi connectivity index (χ2n) is 8.66. The summed E-state index contributed by atoms with van der Waals surface area (Å²) in [5.41, 5.74) is 2.84. The second kappa shape index (κ2) is 7.29. The van der Waals surface area contributed by atoms with E-state index in [2.05, 4.69) is 29.8 Å². The average molecular weight is 384 g/mol. The molecule has 7 heteroatoms. The molecule has 0 spiro atoms. The topological polar surface area (TPSA) is 90.5 Å². The van der Waals surface area contributed by atoms with Crippen molar-refractivity contribution in [3.63, 3.8) is 0 Å². The highest BCUT2D eigenvalue weighted by Gasteiger charge is 2.39. The third kappa shape index (κ3) is 3.56. The minimum atomic E-state index is -0.559. The van der Waals surface area contributed by atoms with E-state index in [4.69, 9.17) is 0 Å². The molecule has 2 fully saturated rings. The van der Waals surface area contributed by atoms with Crippen LogP contribution in [-0.2, 0) is 22.7 Å². The smallest absolute Gasteiger partial charge is 0.255 e. The van der Waals surface area contributed by atoms with Gasteiger partial charge in [-0.05, 0) is 56.3 Å². The van der Waals surface area contributed by atoms with Gasteiger partial charge in [0, 0.05) is 37.2 Å². The monoisotopic (exact) mass is 384 g/mol. The SMILES string of the molecule is CC1(C)NCCC1CNCc1ccc2c(c1)C(=O)N(C1CCC(=O)NC1=O)C2. The van der Waals surface area contributed by atoms with Crippen LogP contribution in [0, 0.1) is 5.92 Å². The standard InChI is InChI=1S/C21H28N4O3/c1-21(2)15(7-8-23-21)11-22-10-13-3-4-14-12-25(20(28)16(14)9-13)17-5-6-18(26)24-19(17)27/h3-4,9,15,17,22-23H,5-8,10-12H2,1-2H3,(H,24,26,27). The normalized spacial score (nSPS) is 26.5. The molecule has 0 radical (unpaired) electrons. The number of carbonyl (C=O) groups excluding carboxylic acids is 3. The first kappa shape index (κ1) is 19.1. The fourth-order valence-electron chi connectivity index (χ4n) is 4.53. The Morgan fingerprint density at radius 2 is 2.04 bits per heavy atom. The summed E-state index contributed by atoms with van der Waals surface area (Å²) < 4.78 is 0. The van der Waals surface area contributed by atoms with Crippen molar-refractivity contribution in [3.8, 4) is 0 Å². The molecule has 1 aromatic rings. The first-order chi connectivity index (χ1) is 13.3. The summed E-state index contributed by atoms with van der Waals surface area (Å²) in [4.78, 5) is 38.0. The number of amides is 3. The first-order valence-electron chi connectivity index (χ1n) is 10.1. The van der Waals surface area contributed by atoms with Crippen molar-refractivity contribution in [1.29, 1.82) is 0 Å². The van der Waals surface area contributed by atoms with Gasteiger partial charge in [-0.3, -0.25) is 19.7 Å². The van der Waals surface area contributed by atoms with Crippen LogP contribution in [-0.4, -0.2) is 47.3 Å². The molecule has 3 N–H and O–H groups in total. The van der Waals surface area contributed by atoms with E-state index in [1.165, 1.54) is 6.42 Å². The summed E-state index contributed by atoms with van der Waals surface area (Å²) in [6.07, 6.45) is 1.84. The van der Waals surface area contributed by atoms with Crippen molar-refractivity contribution in [2.24, 2.45) is 5.92 Å². The molecule has 0 bridgehead atoms. The predicted molar refractivity (Wildman–Crippen MR) is 104 cm³/mol. The minimum absolute atomic E-state index is 0.118. The largest absolute Gasteiger partial charge is 0.322 e. The van der Waals surface area contributed by atoms with Gasteiger partial charge in [-0.15, -0.1) is 0 Å². The van der Waals surface area contributed by atoms with Crippen molar-refractivity contribution in [3.05, 3.63) is 34.9 Å². The lowest BCUT2D eigenvalue weighted by molar-refractivity contribution is -0.136. The minimum Gasteiger partial charge on any atom is -0.322 e. The molecule has 0 aromatic heterocycles. The zero-order chi connectivity index (χ0) is 19.9. The van der Waals surface area contributed by atoms with Crippen molar-refractivity contribution >= 4 is 17.7 Å². The van der Waals surface area contributed by atoms with Crippen molar-refractivity contribution in [2.75, 3.05) is 13.1 Å². The Hall–Kier alpha value is -2.25. The molecule has 1 aromatic carbocycles. The first-order valence-corrected chi connectivity index (χ1v) is 10.1. The molecule has 0 saturated carbocycles. The lowest BCUT2D eigenvalue weighted by Crippen LogP contribution is -2.52. The Bertz CT molecular complexity index is 820. The van der Waals surface area contributed by atoms with Gasteiger partial charge in [-0.2, -0.15) is 0 Å². The zero-order valence-electron chi connectivity index (χ0n) is 16.5. The molecule has 28 heavy (non-hydrogen) atoms. The molecule has 2 atom stereocenters. The molecule has 2 saturated heterocycles. The van der Waals surface area contributed by atoms with Gasteiger partial charge in [-0.1, -0.05) is 12.1 Å². The van der Waals surface area contributed by atoms with E-state index in [0.717, 1.165) is 24.2 Å². The van der Waals surface area contributed by atoms with Gasteiger partial charge < -0.3 is 15.5 Å². The maximum Gasteiger partial charge on any atom is 0.255 e. The molecule has 4 rings (SSSR count). The molecule has 3 aliphatic rings. The van der Waals surface area contributed by atoms with E-state index in [1.54, 1.807) is 4.90 Å². The number of hydrogen-bond donors (Lipinski definition) is 3. The van der Waals surface area contributed by atoms with Crippen LogP contribution in [0.4, 0.5) is 0 Å². The molecule has 2 unspecified atom stereocenters. The third-order valence-electron chi connectivity index (χ3n) is 6.41. The number of rotatable bonds is 5. The van der Waals surface area contributed by atoms with Gasteiger partial charge >= 0.3 is 0 Å². The molecule has 3 heterocycles. The maximum atomic E-state index is 12.9. The van der Waals surface area contributed by atoms with Gasteiger partial charge in [0.15, 0.2) is 0 Å². The van der Waals surface area contributed by atoms with Crippen molar-refractivity contribution in [1.82, 2.24) is 20.9 Å². The summed E-state index contributed by atoms with van der Waals surface area (Å²) in [5.74, 6) is -0.162. The summed E-state index contributed by atoms with van der Waals surface area (Å²) in [6, 6.07) is 5.41. The second-order valence-corrected chi connectivity index (χ2v) is 8.66. The molecular weight excluding hydrogens is 356 g/mol. The highest BCUT2D eigenvalue weighted by molar-refractivity contribution is 6.05. The quantitative estimate of drug-likeness (QED) is 0.657. The van der Waals surface area contributed by atoms with Crippen LogP contribution < -0.4 is 16.0 Å². The van der Waals surface area contributed by atoms with Crippen molar-refractivity contribution < 1.29 is 14.4 Å². The Balaban J connectivity index is 1.39. The summed E-state index contributed by atoms with van der Waals surface area (Å²) in [6.45, 7) is 7.62. The molecular formula is C21H28N4O3. The Morgan fingerprint density at radius 1 is 1.21 bits per heavy atom. The van der Waals surface area contributed by atoms with Gasteiger partial charge in [0.05, 0.1) is 0 Å². The molecule has 150 valence electrons. The molecule has 3 aliphatic heterocycles. The van der Waals surface area contributed by atoms with Gasteiger partial charge in [0.2, 0.25) is 11.8 Å². The van der Waals surface area contributed by atoms with Gasteiger partial charge in [0.1, 0.15) is 6.04 Å². The van der Waals surface area contributed by atoms with Gasteiger partial charge in [0.25, 0.3) is 5.91 Å². The van der Waals surface area contributed by atoms with Crippen LogP contribution in [0.5, 0.6) is 0 Å². The lowest BCUT2D eigenvalue weighted by Gasteiger charge is -2.29.